The van der Waals surface area contributed by atoms with Crippen LogP contribution in [0.25, 0.3) is 0 Å². The largest absolute Gasteiger partial charge is 0.457 e. The zero-order valence-corrected chi connectivity index (χ0v) is 17.7. The molecule has 0 saturated heterocycles. The molecule has 2 N–H and O–H groups in total. The first kappa shape index (κ1) is 23.3. The van der Waals surface area contributed by atoms with Crippen molar-refractivity contribution in [2.24, 2.45) is 0 Å². The summed E-state index contributed by atoms with van der Waals surface area (Å²) < 4.78 is 10.7. The van der Waals surface area contributed by atoms with Crippen LogP contribution in [0.5, 0.6) is 5.75 Å². The lowest BCUT2D eigenvalue weighted by atomic mass is 10.0. The molecule has 1 unspecified atom stereocenters. The molecule has 7 heteroatoms. The zero-order chi connectivity index (χ0) is 22.1. The smallest absolute Gasteiger partial charge is 0.338 e. The summed E-state index contributed by atoms with van der Waals surface area (Å²) in [6, 6.07) is 8.04. The van der Waals surface area contributed by atoms with Gasteiger partial charge in [0.1, 0.15) is 12.4 Å². The fraction of sp³-hybridized carbons (Fsp3) is 0.348. The molecule has 0 aliphatic carbocycles. The number of carbonyl (C=O) groups is 2. The Hall–Kier alpha value is -3.03. The van der Waals surface area contributed by atoms with E-state index in [0.29, 0.717) is 23.2 Å². The Morgan fingerprint density at radius 1 is 1.20 bits per heavy atom. The van der Waals surface area contributed by atoms with Crippen molar-refractivity contribution in [3.8, 4) is 5.75 Å². The molecule has 0 saturated carbocycles. The number of ether oxygens (including phenoxy) is 2. The van der Waals surface area contributed by atoms with Crippen molar-refractivity contribution >= 4 is 11.9 Å². The number of benzene rings is 1. The lowest BCUT2D eigenvalue weighted by molar-refractivity contribution is -0.129. The highest BCUT2D eigenvalue weighted by molar-refractivity contribution is 5.89. The van der Waals surface area contributed by atoms with Gasteiger partial charge in [-0.1, -0.05) is 12.1 Å². The molecule has 0 fully saturated rings. The molecule has 2 rings (SSSR count). The van der Waals surface area contributed by atoms with Crippen molar-refractivity contribution in [1.29, 1.82) is 0 Å². The van der Waals surface area contributed by atoms with Crippen molar-refractivity contribution in [2.45, 2.75) is 45.9 Å². The molecule has 30 heavy (non-hydrogen) atoms. The summed E-state index contributed by atoms with van der Waals surface area (Å²) >= 11 is 0. The van der Waals surface area contributed by atoms with E-state index < -0.39 is 18.0 Å². The second kappa shape index (κ2) is 10.7. The van der Waals surface area contributed by atoms with Crippen molar-refractivity contribution in [3.63, 3.8) is 0 Å². The minimum atomic E-state index is -0.779. The van der Waals surface area contributed by atoms with Crippen LogP contribution >= 0.6 is 0 Å². The maximum absolute atomic E-state index is 12.3. The number of rotatable bonds is 8. The molecule has 0 amide bonds. The number of β-amino-alcohol motifs (C(OH)–C–C–N with tert-alkyl or cyclic N) is 1. The van der Waals surface area contributed by atoms with Gasteiger partial charge in [-0.05, 0) is 57.5 Å². The molecule has 1 atom stereocenters. The molecule has 0 aliphatic heterocycles. The number of aliphatic hydroxyl groups excluding tert-OH is 1. The number of esters is 2. The topological polar surface area (TPSA) is 97.8 Å². The van der Waals surface area contributed by atoms with E-state index in [1.807, 2.05) is 20.8 Å². The number of aromatic nitrogens is 1. The van der Waals surface area contributed by atoms with Gasteiger partial charge in [-0.3, -0.25) is 4.98 Å². The predicted octanol–water partition coefficient (Wildman–Crippen LogP) is 3.34. The Balaban J connectivity index is 2.20. The number of hydrogen-bond donors (Lipinski definition) is 2. The first-order valence-corrected chi connectivity index (χ1v) is 9.67. The van der Waals surface area contributed by atoms with Crippen LogP contribution in [0.4, 0.5) is 0 Å². The fourth-order valence-corrected chi connectivity index (χ4v) is 2.53. The molecule has 1 heterocycles. The number of allylic oxidation sites excluding steroid dienone is 1. The summed E-state index contributed by atoms with van der Waals surface area (Å²) in [6.07, 6.45) is 5.09. The van der Waals surface area contributed by atoms with Gasteiger partial charge in [-0.25, -0.2) is 9.59 Å². The van der Waals surface area contributed by atoms with Crippen molar-refractivity contribution < 1.29 is 24.2 Å². The minimum Gasteiger partial charge on any atom is -0.457 e. The lowest BCUT2D eigenvalue weighted by Gasteiger charge is -2.23. The monoisotopic (exact) mass is 412 g/mol. The predicted molar refractivity (Wildman–Crippen MR) is 113 cm³/mol. The SMILES string of the molecule is CC=CC(=O)Oc1ccc(C(O)CNC(C)(C)C)cc1COC(=O)c1ccncc1. The van der Waals surface area contributed by atoms with Gasteiger partial charge >= 0.3 is 11.9 Å². The highest BCUT2D eigenvalue weighted by atomic mass is 16.5. The lowest BCUT2D eigenvalue weighted by Crippen LogP contribution is -2.38. The molecule has 0 bridgehead atoms. The summed E-state index contributed by atoms with van der Waals surface area (Å²) in [6.45, 7) is 7.96. The van der Waals surface area contributed by atoms with Crippen molar-refractivity contribution in [1.82, 2.24) is 10.3 Å². The first-order chi connectivity index (χ1) is 14.2. The maximum Gasteiger partial charge on any atom is 0.338 e. The molecule has 7 nitrogen and oxygen atoms in total. The van der Waals surface area contributed by atoms with Crippen molar-refractivity contribution in [2.75, 3.05) is 6.54 Å². The second-order valence-electron chi connectivity index (χ2n) is 7.75. The van der Waals surface area contributed by atoms with Crippen LogP contribution in [0.2, 0.25) is 0 Å². The minimum absolute atomic E-state index is 0.118. The van der Waals surface area contributed by atoms with Crippen LogP contribution in [0.3, 0.4) is 0 Å². The normalized spacial score (nSPS) is 12.6. The van der Waals surface area contributed by atoms with Gasteiger partial charge in [0.2, 0.25) is 0 Å². The second-order valence-corrected chi connectivity index (χ2v) is 7.75. The fourth-order valence-electron chi connectivity index (χ4n) is 2.53. The zero-order valence-electron chi connectivity index (χ0n) is 17.7. The van der Waals surface area contributed by atoms with Crippen molar-refractivity contribution in [3.05, 3.63) is 71.6 Å². The van der Waals surface area contributed by atoms with E-state index in [2.05, 4.69) is 10.3 Å². The highest BCUT2D eigenvalue weighted by Crippen LogP contribution is 2.25. The van der Waals surface area contributed by atoms with Crippen LogP contribution in [0, 0.1) is 0 Å². The van der Waals surface area contributed by atoms with Gasteiger partial charge in [0, 0.05) is 36.1 Å². The van der Waals surface area contributed by atoms with Crippen LogP contribution in [0.1, 0.15) is 55.3 Å². The third-order valence-corrected chi connectivity index (χ3v) is 4.08. The summed E-state index contributed by atoms with van der Waals surface area (Å²) in [4.78, 5) is 28.0. The number of carbonyl (C=O) groups excluding carboxylic acids is 2. The number of aliphatic hydroxyl groups is 1. The molecule has 2 aromatic rings. The number of pyridine rings is 1. The van der Waals surface area contributed by atoms with E-state index in [1.54, 1.807) is 43.3 Å². The Bertz CT molecular complexity index is 888. The summed E-state index contributed by atoms with van der Waals surface area (Å²) in [7, 11) is 0. The highest BCUT2D eigenvalue weighted by Gasteiger charge is 2.17. The quantitative estimate of drug-likeness (QED) is 0.390. The van der Waals surface area contributed by atoms with Gasteiger partial charge in [-0.15, -0.1) is 0 Å². The molecule has 160 valence electrons. The molecular formula is C23H28N2O5. The van der Waals surface area contributed by atoms with Crippen LogP contribution in [-0.2, 0) is 16.1 Å². The molecule has 0 radical (unpaired) electrons. The Morgan fingerprint density at radius 2 is 1.90 bits per heavy atom. The number of nitrogens with one attached hydrogen (secondary N) is 1. The van der Waals surface area contributed by atoms with Crippen LogP contribution < -0.4 is 10.1 Å². The average molecular weight is 412 g/mol. The van der Waals surface area contributed by atoms with Crippen LogP contribution in [0.15, 0.2) is 54.9 Å². The van der Waals surface area contributed by atoms with E-state index in [-0.39, 0.29) is 17.9 Å². The first-order valence-electron chi connectivity index (χ1n) is 9.67. The standard InChI is InChI=1S/C23H28N2O5/c1-5-6-21(27)30-20-8-7-17(19(26)14-25-23(2,3)4)13-18(20)15-29-22(28)16-9-11-24-12-10-16/h5-13,19,25-26H,14-15H2,1-4H3. The third-order valence-electron chi connectivity index (χ3n) is 4.08. The van der Waals surface area contributed by atoms with E-state index in [1.165, 1.54) is 18.5 Å². The van der Waals surface area contributed by atoms with Gasteiger partial charge in [0.05, 0.1) is 11.7 Å². The summed E-state index contributed by atoms with van der Waals surface area (Å²) in [5.41, 5.74) is 1.31. The molecule has 1 aromatic carbocycles. The van der Waals surface area contributed by atoms with Crippen LogP contribution in [-0.4, -0.2) is 34.1 Å². The van der Waals surface area contributed by atoms with Gasteiger partial charge in [0.25, 0.3) is 0 Å². The maximum atomic E-state index is 12.3. The average Bonchev–Trinajstić information content (AvgIpc) is 2.71. The van der Waals surface area contributed by atoms with E-state index in [9.17, 15) is 14.7 Å². The molecular weight excluding hydrogens is 384 g/mol. The number of nitrogens with zero attached hydrogens (tertiary/aromatic N) is 1. The number of hydrogen-bond acceptors (Lipinski definition) is 7. The Labute approximate surface area is 176 Å². The molecule has 0 spiro atoms. The van der Waals surface area contributed by atoms with E-state index in [0.717, 1.165) is 0 Å². The van der Waals surface area contributed by atoms with E-state index in [4.69, 9.17) is 9.47 Å². The summed E-state index contributed by atoms with van der Waals surface area (Å²) in [5, 5.41) is 13.8. The summed E-state index contributed by atoms with van der Waals surface area (Å²) in [5.74, 6) is -0.800. The van der Waals surface area contributed by atoms with E-state index >= 15 is 0 Å². The Kier molecular flexibility index (Phi) is 8.26. The molecule has 0 aliphatic rings. The van der Waals surface area contributed by atoms with Gasteiger partial charge in [0.15, 0.2) is 0 Å². The third kappa shape index (κ3) is 7.42. The van der Waals surface area contributed by atoms with Gasteiger partial charge < -0.3 is 19.9 Å². The van der Waals surface area contributed by atoms with Gasteiger partial charge in [-0.2, -0.15) is 0 Å². The Morgan fingerprint density at radius 3 is 2.53 bits per heavy atom. The molecule has 1 aromatic heterocycles.